The highest BCUT2D eigenvalue weighted by Gasteiger charge is 2.47. The van der Waals surface area contributed by atoms with E-state index < -0.39 is 0 Å². The molecule has 14 heavy (non-hydrogen) atoms. The summed E-state index contributed by atoms with van der Waals surface area (Å²) in [5, 5.41) is 0. The maximum atomic E-state index is 3.43. The molecule has 0 aromatic carbocycles. The van der Waals surface area contributed by atoms with Gasteiger partial charge in [0.25, 0.3) is 0 Å². The Hall–Kier alpha value is 0.580. The molecule has 0 spiro atoms. The number of rotatable bonds is 0. The average Bonchev–Trinajstić information content (AvgIpc) is 2.22. The summed E-state index contributed by atoms with van der Waals surface area (Å²) in [7, 11) is 0. The van der Waals surface area contributed by atoms with E-state index in [-0.39, 0.29) is 0 Å². The molecule has 3 saturated carbocycles. The van der Waals surface area contributed by atoms with Gasteiger partial charge in [-0.2, -0.15) is 0 Å². The van der Waals surface area contributed by atoms with Crippen LogP contribution in [0.5, 0.6) is 0 Å². The van der Waals surface area contributed by atoms with Crippen LogP contribution in [0.1, 0.15) is 38.5 Å². The molecule has 3 fully saturated rings. The van der Waals surface area contributed by atoms with Crippen LogP contribution < -0.4 is 0 Å². The van der Waals surface area contributed by atoms with Gasteiger partial charge in [-0.05, 0) is 46.4 Å². The third kappa shape index (κ3) is 1.93. The van der Waals surface area contributed by atoms with Gasteiger partial charge in [-0.25, -0.2) is 0 Å². The van der Waals surface area contributed by atoms with Crippen LogP contribution in [0.4, 0.5) is 0 Å². The van der Waals surface area contributed by atoms with E-state index in [0.717, 1.165) is 0 Å². The van der Waals surface area contributed by atoms with Crippen LogP contribution in [-0.4, -0.2) is 0 Å². The van der Waals surface area contributed by atoms with Crippen molar-refractivity contribution >= 4 is 45.2 Å². The van der Waals surface area contributed by atoms with Gasteiger partial charge in [-0.1, -0.05) is 11.8 Å². The predicted molar refractivity (Wildman–Crippen MR) is 76.2 cm³/mol. The minimum absolute atomic E-state index is 0.371. The lowest BCUT2D eigenvalue weighted by molar-refractivity contribution is 0.0720. The fourth-order valence-corrected chi connectivity index (χ4v) is 3.91. The van der Waals surface area contributed by atoms with E-state index in [4.69, 9.17) is 0 Å². The van der Waals surface area contributed by atoms with Crippen molar-refractivity contribution in [3.05, 3.63) is 0 Å². The fourth-order valence-electron chi connectivity index (χ4n) is 2.76. The van der Waals surface area contributed by atoms with Crippen molar-refractivity contribution in [1.29, 1.82) is 0 Å². The van der Waals surface area contributed by atoms with Crippen molar-refractivity contribution in [3.8, 4) is 19.7 Å². The van der Waals surface area contributed by atoms with Crippen LogP contribution in [0.25, 0.3) is 0 Å². The van der Waals surface area contributed by atoms with Crippen LogP contribution in [0.2, 0.25) is 0 Å². The quantitative estimate of drug-likeness (QED) is 0.417. The summed E-state index contributed by atoms with van der Waals surface area (Å²) < 4.78 is 6.16. The molecule has 2 bridgehead atoms. The summed E-state index contributed by atoms with van der Waals surface area (Å²) in [6, 6.07) is 0. The second-order valence-corrected chi connectivity index (χ2v) is 5.58. The maximum Gasteiger partial charge on any atom is 0.0324 e. The molecule has 0 aromatic heterocycles. The van der Waals surface area contributed by atoms with E-state index in [0.29, 0.717) is 10.8 Å². The van der Waals surface area contributed by atoms with Gasteiger partial charge in [0.1, 0.15) is 0 Å². The molecular formula is C12H12I2. The van der Waals surface area contributed by atoms with Crippen LogP contribution in [0, 0.1) is 30.5 Å². The van der Waals surface area contributed by atoms with E-state index in [2.05, 4.69) is 64.9 Å². The largest absolute Gasteiger partial charge is 0.0851 e. The van der Waals surface area contributed by atoms with Crippen molar-refractivity contribution in [2.75, 3.05) is 0 Å². The topological polar surface area (TPSA) is 0 Å². The SMILES string of the molecule is IC#CC12CCC(C#CI)(CC1)CC2. The summed E-state index contributed by atoms with van der Waals surface area (Å²) in [5.41, 5.74) is 0.742. The molecule has 0 N–H and O–H groups in total. The molecule has 0 aliphatic heterocycles. The van der Waals surface area contributed by atoms with Crippen molar-refractivity contribution in [1.82, 2.24) is 0 Å². The molecule has 0 radical (unpaired) electrons. The first-order valence-corrected chi connectivity index (χ1v) is 7.16. The van der Waals surface area contributed by atoms with Gasteiger partial charge in [-0.3, -0.25) is 0 Å². The molecule has 2 heteroatoms. The second kappa shape index (κ2) is 4.22. The Labute approximate surface area is 113 Å². The van der Waals surface area contributed by atoms with Gasteiger partial charge in [0.05, 0.1) is 0 Å². The lowest BCUT2D eigenvalue weighted by atomic mass is 9.54. The highest BCUT2D eigenvalue weighted by Crippen LogP contribution is 2.56. The number of hydrogen-bond donors (Lipinski definition) is 0. The van der Waals surface area contributed by atoms with Gasteiger partial charge in [0.15, 0.2) is 0 Å². The van der Waals surface area contributed by atoms with Crippen molar-refractivity contribution in [2.24, 2.45) is 10.8 Å². The zero-order chi connectivity index (χ0) is 10.1. The summed E-state index contributed by atoms with van der Waals surface area (Å²) in [4.78, 5) is 0. The summed E-state index contributed by atoms with van der Waals surface area (Å²) in [6.07, 6.45) is 7.63. The molecule has 0 nitrogen and oxygen atoms in total. The third-order valence-electron chi connectivity index (χ3n) is 3.87. The molecule has 74 valence electrons. The highest BCUT2D eigenvalue weighted by molar-refractivity contribution is 14.1. The minimum atomic E-state index is 0.371. The molecule has 0 atom stereocenters. The van der Waals surface area contributed by atoms with Crippen molar-refractivity contribution in [3.63, 3.8) is 0 Å². The van der Waals surface area contributed by atoms with Crippen LogP contribution in [0.3, 0.4) is 0 Å². The molecule has 3 aliphatic rings. The predicted octanol–water partition coefficient (Wildman–Crippen LogP) is 4.12. The number of hydrogen-bond acceptors (Lipinski definition) is 0. The highest BCUT2D eigenvalue weighted by atomic mass is 127. The fraction of sp³-hybridized carbons (Fsp3) is 0.667. The zero-order valence-electron chi connectivity index (χ0n) is 8.00. The first-order valence-electron chi connectivity index (χ1n) is 5.00. The third-order valence-corrected chi connectivity index (χ3v) is 4.41. The van der Waals surface area contributed by atoms with E-state index in [1.807, 2.05) is 0 Å². The van der Waals surface area contributed by atoms with Gasteiger partial charge < -0.3 is 0 Å². The van der Waals surface area contributed by atoms with Gasteiger partial charge >= 0.3 is 0 Å². The zero-order valence-corrected chi connectivity index (χ0v) is 12.3. The Bertz CT molecular complexity index is 287. The van der Waals surface area contributed by atoms with Crippen LogP contribution >= 0.6 is 45.2 Å². The first-order chi connectivity index (χ1) is 6.74. The van der Waals surface area contributed by atoms with Crippen LogP contribution in [-0.2, 0) is 0 Å². The first kappa shape index (κ1) is 11.1. The minimum Gasteiger partial charge on any atom is -0.0851 e. The summed E-state index contributed by atoms with van der Waals surface area (Å²) >= 11 is 4.34. The van der Waals surface area contributed by atoms with E-state index in [1.165, 1.54) is 38.5 Å². The monoisotopic (exact) mass is 410 g/mol. The van der Waals surface area contributed by atoms with E-state index in [1.54, 1.807) is 0 Å². The normalized spacial score (nSPS) is 39.3. The lowest BCUT2D eigenvalue weighted by Gasteiger charge is -2.48. The van der Waals surface area contributed by atoms with E-state index >= 15 is 0 Å². The molecule has 0 unspecified atom stereocenters. The van der Waals surface area contributed by atoms with Crippen molar-refractivity contribution < 1.29 is 0 Å². The molecule has 0 heterocycles. The average molecular weight is 410 g/mol. The molecular weight excluding hydrogens is 398 g/mol. The molecule has 0 amide bonds. The van der Waals surface area contributed by atoms with Crippen molar-refractivity contribution in [2.45, 2.75) is 38.5 Å². The molecule has 3 aliphatic carbocycles. The smallest absolute Gasteiger partial charge is 0.0324 e. The van der Waals surface area contributed by atoms with E-state index in [9.17, 15) is 0 Å². The maximum absolute atomic E-state index is 3.43. The van der Waals surface area contributed by atoms with Gasteiger partial charge in [0, 0.05) is 56.0 Å². The number of fused-ring (bicyclic) bond motifs is 3. The lowest BCUT2D eigenvalue weighted by Crippen LogP contribution is -2.39. The second-order valence-electron chi connectivity index (χ2n) is 4.50. The number of halogens is 2. The van der Waals surface area contributed by atoms with Gasteiger partial charge in [-0.15, -0.1) is 0 Å². The Morgan fingerprint density at radius 1 is 0.643 bits per heavy atom. The Morgan fingerprint density at radius 3 is 1.14 bits per heavy atom. The Kier molecular flexibility index (Phi) is 3.34. The molecule has 3 rings (SSSR count). The molecule has 0 saturated heterocycles. The standard InChI is InChI=1S/C12H12I2/c13-9-7-11-1-2-12(5-3-11,6-4-11)8-10-14/h1-6H2. The van der Waals surface area contributed by atoms with Crippen LogP contribution in [0.15, 0.2) is 0 Å². The van der Waals surface area contributed by atoms with Gasteiger partial charge in [0.2, 0.25) is 0 Å². The Morgan fingerprint density at radius 2 is 0.929 bits per heavy atom. The summed E-state index contributed by atoms with van der Waals surface area (Å²) in [5.74, 6) is 6.86. The molecule has 0 aromatic rings. The summed E-state index contributed by atoms with van der Waals surface area (Å²) in [6.45, 7) is 0. The Balaban J connectivity index is 2.18.